The highest BCUT2D eigenvalue weighted by molar-refractivity contribution is 5.22. The molecule has 0 radical (unpaired) electrons. The molecule has 2 N–H and O–H groups in total. The van der Waals surface area contributed by atoms with Crippen molar-refractivity contribution in [2.24, 2.45) is 0 Å². The number of aromatic amines is 1. The molecule has 78 valence electrons. The minimum atomic E-state index is -4.89. The molecule has 1 heterocycles. The van der Waals surface area contributed by atoms with E-state index >= 15 is 0 Å². The quantitative estimate of drug-likeness (QED) is 0.561. The summed E-state index contributed by atoms with van der Waals surface area (Å²) in [5.41, 5.74) is -0.829. The molecule has 0 aromatic carbocycles. The first-order valence-electron chi connectivity index (χ1n) is 3.27. The average Bonchev–Trinajstić information content (AvgIpc) is 2.48. The first-order chi connectivity index (χ1) is 6.32. The van der Waals surface area contributed by atoms with Crippen LogP contribution in [0.15, 0.2) is 6.07 Å². The Balaban J connectivity index is 2.92. The SMILES string of the molecule is O=[N+]([O-])c1cc([C@@H](O)C(F)(F)F)n[nH]1. The van der Waals surface area contributed by atoms with Gasteiger partial charge in [-0.25, -0.2) is 0 Å². The first kappa shape index (κ1) is 10.4. The van der Waals surface area contributed by atoms with Gasteiger partial charge in [-0.1, -0.05) is 5.10 Å². The van der Waals surface area contributed by atoms with Gasteiger partial charge >= 0.3 is 12.0 Å². The summed E-state index contributed by atoms with van der Waals surface area (Å²) in [6.45, 7) is 0. The Morgan fingerprint density at radius 1 is 1.64 bits per heavy atom. The van der Waals surface area contributed by atoms with Crippen molar-refractivity contribution in [3.05, 3.63) is 21.9 Å². The van der Waals surface area contributed by atoms with E-state index in [9.17, 15) is 23.3 Å². The van der Waals surface area contributed by atoms with E-state index in [2.05, 4.69) is 5.10 Å². The van der Waals surface area contributed by atoms with E-state index in [-0.39, 0.29) is 0 Å². The van der Waals surface area contributed by atoms with Crippen molar-refractivity contribution < 1.29 is 23.2 Å². The van der Waals surface area contributed by atoms with E-state index in [4.69, 9.17) is 5.11 Å². The molecule has 1 rings (SSSR count). The molecule has 14 heavy (non-hydrogen) atoms. The van der Waals surface area contributed by atoms with Crippen LogP contribution in [0.4, 0.5) is 19.0 Å². The molecule has 1 aromatic heterocycles. The molecule has 0 saturated heterocycles. The van der Waals surface area contributed by atoms with Gasteiger partial charge in [0.15, 0.2) is 6.10 Å². The lowest BCUT2D eigenvalue weighted by molar-refractivity contribution is -0.389. The molecule has 0 aliphatic carbocycles. The van der Waals surface area contributed by atoms with Crippen LogP contribution in [0.5, 0.6) is 0 Å². The van der Waals surface area contributed by atoms with Crippen LogP contribution in [0.25, 0.3) is 0 Å². The van der Waals surface area contributed by atoms with Crippen LogP contribution in [0.1, 0.15) is 11.8 Å². The minimum Gasteiger partial charge on any atom is -0.378 e. The molecule has 0 saturated carbocycles. The zero-order valence-electron chi connectivity index (χ0n) is 6.45. The Labute approximate surface area is 74.5 Å². The highest BCUT2D eigenvalue weighted by Gasteiger charge is 2.42. The summed E-state index contributed by atoms with van der Waals surface area (Å²) < 4.78 is 35.6. The number of hydrogen-bond acceptors (Lipinski definition) is 4. The fourth-order valence-corrected chi connectivity index (χ4v) is 0.728. The Hall–Kier alpha value is -1.64. The third-order valence-corrected chi connectivity index (χ3v) is 1.37. The van der Waals surface area contributed by atoms with Crippen LogP contribution in [-0.2, 0) is 0 Å². The van der Waals surface area contributed by atoms with Crippen molar-refractivity contribution in [2.75, 3.05) is 0 Å². The molecule has 6 nitrogen and oxygen atoms in total. The second-order valence-electron chi connectivity index (χ2n) is 2.38. The molecule has 0 bridgehead atoms. The van der Waals surface area contributed by atoms with E-state index in [1.807, 2.05) is 0 Å². The average molecular weight is 211 g/mol. The normalized spacial score (nSPS) is 14.0. The number of alkyl halides is 3. The molecule has 0 spiro atoms. The van der Waals surface area contributed by atoms with Gasteiger partial charge in [0.1, 0.15) is 5.69 Å². The van der Waals surface area contributed by atoms with Crippen LogP contribution >= 0.6 is 0 Å². The van der Waals surface area contributed by atoms with Crippen LogP contribution < -0.4 is 0 Å². The van der Waals surface area contributed by atoms with Crippen molar-refractivity contribution >= 4 is 5.82 Å². The van der Waals surface area contributed by atoms with Gasteiger partial charge in [-0.3, -0.25) is 0 Å². The highest BCUT2D eigenvalue weighted by Crippen LogP contribution is 2.32. The number of aliphatic hydroxyl groups excluding tert-OH is 1. The van der Waals surface area contributed by atoms with Crippen molar-refractivity contribution in [1.82, 2.24) is 10.2 Å². The topological polar surface area (TPSA) is 92.1 Å². The van der Waals surface area contributed by atoms with Gasteiger partial charge in [0.25, 0.3) is 0 Å². The Morgan fingerprint density at radius 2 is 2.21 bits per heavy atom. The summed E-state index contributed by atoms with van der Waals surface area (Å²) in [6, 6.07) is 0.526. The van der Waals surface area contributed by atoms with Gasteiger partial charge in [0, 0.05) is 0 Å². The van der Waals surface area contributed by atoms with Crippen molar-refractivity contribution in [3.63, 3.8) is 0 Å². The summed E-state index contributed by atoms with van der Waals surface area (Å²) in [5, 5.41) is 23.4. The van der Waals surface area contributed by atoms with Gasteiger partial charge in [0.2, 0.25) is 0 Å². The van der Waals surface area contributed by atoms with Crippen molar-refractivity contribution in [1.29, 1.82) is 0 Å². The molecule has 1 atom stereocenters. The van der Waals surface area contributed by atoms with E-state index in [1.165, 1.54) is 0 Å². The van der Waals surface area contributed by atoms with E-state index in [1.54, 1.807) is 5.10 Å². The Bertz CT molecular complexity index is 347. The molecule has 0 fully saturated rings. The number of rotatable bonds is 2. The largest absolute Gasteiger partial charge is 0.420 e. The number of nitro groups is 1. The number of aliphatic hydroxyl groups is 1. The van der Waals surface area contributed by atoms with Crippen LogP contribution in [0.2, 0.25) is 0 Å². The zero-order chi connectivity index (χ0) is 10.9. The highest BCUT2D eigenvalue weighted by atomic mass is 19.4. The summed E-state index contributed by atoms with van der Waals surface area (Å²) in [6.07, 6.45) is -7.70. The lowest BCUT2D eigenvalue weighted by Gasteiger charge is -2.09. The maximum absolute atomic E-state index is 11.9. The number of nitrogens with one attached hydrogen (secondary N) is 1. The molecular weight excluding hydrogens is 207 g/mol. The first-order valence-corrected chi connectivity index (χ1v) is 3.27. The molecule has 9 heteroatoms. The fraction of sp³-hybridized carbons (Fsp3) is 0.400. The summed E-state index contributed by atoms with van der Waals surface area (Å²) in [4.78, 5) is 9.11. The lowest BCUT2D eigenvalue weighted by atomic mass is 10.2. The van der Waals surface area contributed by atoms with Crippen molar-refractivity contribution in [3.8, 4) is 0 Å². The van der Waals surface area contributed by atoms with E-state index in [0.29, 0.717) is 6.07 Å². The molecule has 0 unspecified atom stereocenters. The molecule has 0 aliphatic rings. The summed E-state index contributed by atoms with van der Waals surface area (Å²) >= 11 is 0. The predicted molar refractivity (Wildman–Crippen MR) is 36.3 cm³/mol. The minimum absolute atomic E-state index is 0.526. The summed E-state index contributed by atoms with van der Waals surface area (Å²) in [5.74, 6) is -0.705. The van der Waals surface area contributed by atoms with Gasteiger partial charge in [0.05, 0.1) is 6.07 Å². The predicted octanol–water partition coefficient (Wildman–Crippen LogP) is 0.914. The third kappa shape index (κ3) is 1.99. The van der Waals surface area contributed by atoms with Crippen LogP contribution in [0.3, 0.4) is 0 Å². The maximum atomic E-state index is 11.9. The van der Waals surface area contributed by atoms with Gasteiger partial charge in [-0.15, -0.1) is 5.10 Å². The molecule has 0 aliphatic heterocycles. The van der Waals surface area contributed by atoms with Gasteiger partial charge in [-0.2, -0.15) is 13.2 Å². The van der Waals surface area contributed by atoms with E-state index < -0.39 is 28.7 Å². The Morgan fingerprint density at radius 3 is 2.57 bits per heavy atom. The molecular formula is C5H4F3N3O3. The van der Waals surface area contributed by atoms with Gasteiger partial charge < -0.3 is 15.2 Å². The van der Waals surface area contributed by atoms with Crippen molar-refractivity contribution in [2.45, 2.75) is 12.3 Å². The standard InChI is InChI=1S/C5H4F3N3O3/c6-5(7,8)4(12)2-1-3(10-9-2)11(13)14/h1,4,12H,(H,9,10)/t4-/m1/s1. The lowest BCUT2D eigenvalue weighted by Crippen LogP contribution is -2.20. The second-order valence-corrected chi connectivity index (χ2v) is 2.38. The smallest absolute Gasteiger partial charge is 0.378 e. The number of hydrogen-bond donors (Lipinski definition) is 2. The van der Waals surface area contributed by atoms with E-state index in [0.717, 1.165) is 0 Å². The zero-order valence-corrected chi connectivity index (χ0v) is 6.45. The molecule has 1 aromatic rings. The fourth-order valence-electron chi connectivity index (χ4n) is 0.728. The summed E-state index contributed by atoms with van der Waals surface area (Å²) in [7, 11) is 0. The van der Waals surface area contributed by atoms with Crippen LogP contribution in [-0.4, -0.2) is 26.4 Å². The monoisotopic (exact) mass is 211 g/mol. The number of nitrogens with zero attached hydrogens (tertiary/aromatic N) is 2. The number of H-pyrrole nitrogens is 1. The number of halogens is 3. The molecule has 0 amide bonds. The number of aromatic nitrogens is 2. The Kier molecular flexibility index (Phi) is 2.43. The second kappa shape index (κ2) is 3.25. The van der Waals surface area contributed by atoms with Crippen LogP contribution in [0, 0.1) is 10.1 Å². The maximum Gasteiger partial charge on any atom is 0.420 e. The van der Waals surface area contributed by atoms with Gasteiger partial charge in [-0.05, 0) is 4.92 Å². The third-order valence-electron chi connectivity index (χ3n) is 1.37.